The first kappa shape index (κ1) is 16.8. The summed E-state index contributed by atoms with van der Waals surface area (Å²) in [5, 5.41) is 12.0. The van der Waals surface area contributed by atoms with E-state index in [1.54, 1.807) is 0 Å². The predicted molar refractivity (Wildman–Crippen MR) is 93.6 cm³/mol. The van der Waals surface area contributed by atoms with E-state index in [2.05, 4.69) is 15.2 Å². The summed E-state index contributed by atoms with van der Waals surface area (Å²) in [6.45, 7) is 1.90. The molecule has 130 valence electrons. The van der Waals surface area contributed by atoms with E-state index >= 15 is 0 Å². The summed E-state index contributed by atoms with van der Waals surface area (Å²) in [5.41, 5.74) is 1.39. The van der Waals surface area contributed by atoms with Gasteiger partial charge in [0.05, 0.1) is 18.5 Å². The lowest BCUT2D eigenvalue weighted by molar-refractivity contribution is 0.0690. The highest BCUT2D eigenvalue weighted by Gasteiger charge is 2.19. The molecule has 1 amide bonds. The highest BCUT2D eigenvalue weighted by Crippen LogP contribution is 2.29. The first-order valence-corrected chi connectivity index (χ1v) is 8.03. The third-order valence-electron chi connectivity index (χ3n) is 4.09. The van der Waals surface area contributed by atoms with Crippen molar-refractivity contribution in [2.45, 2.75) is 12.8 Å². The number of hydrogen-bond donors (Lipinski definition) is 2. The average molecular weight is 341 g/mol. The summed E-state index contributed by atoms with van der Waals surface area (Å²) in [7, 11) is 1.41. The summed E-state index contributed by atoms with van der Waals surface area (Å²) < 4.78 is 5.06. The Kier molecular flexibility index (Phi) is 4.83. The van der Waals surface area contributed by atoms with Gasteiger partial charge in [0.2, 0.25) is 0 Å². The van der Waals surface area contributed by atoms with Crippen LogP contribution in [-0.2, 0) is 0 Å². The summed E-state index contributed by atoms with van der Waals surface area (Å²) >= 11 is 0. The van der Waals surface area contributed by atoms with Gasteiger partial charge in [0.15, 0.2) is 5.69 Å². The quantitative estimate of drug-likeness (QED) is 0.869. The van der Waals surface area contributed by atoms with Gasteiger partial charge in [-0.3, -0.25) is 4.79 Å². The molecule has 1 saturated heterocycles. The molecule has 0 spiro atoms. The van der Waals surface area contributed by atoms with Gasteiger partial charge in [0, 0.05) is 25.2 Å². The molecule has 3 rings (SSSR count). The highest BCUT2D eigenvalue weighted by molar-refractivity contribution is 6.05. The number of ether oxygens (including phenoxy) is 1. The Labute approximate surface area is 145 Å². The Morgan fingerprint density at radius 3 is 2.52 bits per heavy atom. The summed E-state index contributed by atoms with van der Waals surface area (Å²) in [6, 6.07) is 10.2. The standard InChI is InChI=1S/C18H19N3O4/c1-25-12-10-14(19-15(11-12)18(23)24)17(22)20-13-6-2-3-7-16(13)21-8-4-5-9-21/h2-3,6-7,10-11H,4-5,8-9H2,1H3,(H,20,22)(H,23,24). The van der Waals surface area contributed by atoms with Crippen molar-refractivity contribution >= 4 is 23.3 Å². The lowest BCUT2D eigenvalue weighted by Gasteiger charge is -2.21. The largest absolute Gasteiger partial charge is 0.497 e. The first-order valence-electron chi connectivity index (χ1n) is 8.03. The smallest absolute Gasteiger partial charge is 0.354 e. The van der Waals surface area contributed by atoms with Crippen molar-refractivity contribution < 1.29 is 19.4 Å². The van der Waals surface area contributed by atoms with Gasteiger partial charge < -0.3 is 20.1 Å². The van der Waals surface area contributed by atoms with E-state index < -0.39 is 11.9 Å². The molecule has 2 heterocycles. The Bertz CT molecular complexity index is 801. The minimum Gasteiger partial charge on any atom is -0.497 e. The SMILES string of the molecule is COc1cc(C(=O)O)nc(C(=O)Nc2ccccc2N2CCCC2)c1. The fourth-order valence-electron chi connectivity index (χ4n) is 2.85. The zero-order chi connectivity index (χ0) is 17.8. The molecular formula is C18H19N3O4. The number of benzene rings is 1. The number of aromatic carboxylic acids is 1. The highest BCUT2D eigenvalue weighted by atomic mass is 16.5. The van der Waals surface area contributed by atoms with E-state index in [0.29, 0.717) is 5.69 Å². The van der Waals surface area contributed by atoms with Crippen molar-refractivity contribution in [2.24, 2.45) is 0 Å². The van der Waals surface area contributed by atoms with Crippen LogP contribution >= 0.6 is 0 Å². The molecular weight excluding hydrogens is 322 g/mol. The van der Waals surface area contributed by atoms with Crippen LogP contribution in [0.1, 0.15) is 33.8 Å². The van der Waals surface area contributed by atoms with E-state index in [1.165, 1.54) is 19.2 Å². The number of para-hydroxylation sites is 2. The molecule has 1 aromatic heterocycles. The number of nitrogens with zero attached hydrogens (tertiary/aromatic N) is 2. The second kappa shape index (κ2) is 7.21. The van der Waals surface area contributed by atoms with Gasteiger partial charge >= 0.3 is 5.97 Å². The number of nitrogens with one attached hydrogen (secondary N) is 1. The molecule has 0 unspecified atom stereocenters. The van der Waals surface area contributed by atoms with Crippen molar-refractivity contribution in [3.63, 3.8) is 0 Å². The van der Waals surface area contributed by atoms with Gasteiger partial charge in [-0.15, -0.1) is 0 Å². The van der Waals surface area contributed by atoms with Crippen LogP contribution < -0.4 is 15.0 Å². The van der Waals surface area contributed by atoms with E-state index in [9.17, 15) is 9.59 Å². The van der Waals surface area contributed by atoms with Crippen LogP contribution in [0, 0.1) is 0 Å². The fraction of sp³-hybridized carbons (Fsp3) is 0.278. The predicted octanol–water partition coefficient (Wildman–Crippen LogP) is 2.64. The lowest BCUT2D eigenvalue weighted by Crippen LogP contribution is -2.22. The van der Waals surface area contributed by atoms with Crippen molar-refractivity contribution in [3.05, 3.63) is 47.8 Å². The lowest BCUT2D eigenvalue weighted by atomic mass is 10.2. The van der Waals surface area contributed by atoms with Crippen LogP contribution in [0.5, 0.6) is 5.75 Å². The van der Waals surface area contributed by atoms with E-state index in [-0.39, 0.29) is 17.1 Å². The van der Waals surface area contributed by atoms with Crippen molar-refractivity contribution in [2.75, 3.05) is 30.4 Å². The zero-order valence-electron chi connectivity index (χ0n) is 13.9. The Morgan fingerprint density at radius 1 is 1.16 bits per heavy atom. The van der Waals surface area contributed by atoms with Crippen molar-refractivity contribution in [1.29, 1.82) is 0 Å². The number of carbonyl (C=O) groups is 2. The first-order chi connectivity index (χ1) is 12.1. The molecule has 2 N–H and O–H groups in total. The number of carbonyl (C=O) groups excluding carboxylic acids is 1. The second-order valence-electron chi connectivity index (χ2n) is 5.75. The third kappa shape index (κ3) is 3.71. The minimum absolute atomic E-state index is 0.00650. The number of anilines is 2. The maximum absolute atomic E-state index is 12.6. The van der Waals surface area contributed by atoms with Gasteiger partial charge in [0.1, 0.15) is 11.4 Å². The average Bonchev–Trinajstić information content (AvgIpc) is 3.16. The van der Waals surface area contributed by atoms with Gasteiger partial charge in [-0.25, -0.2) is 9.78 Å². The van der Waals surface area contributed by atoms with E-state index in [1.807, 2.05) is 24.3 Å². The summed E-state index contributed by atoms with van der Waals surface area (Å²) in [4.78, 5) is 29.9. The number of rotatable bonds is 5. The van der Waals surface area contributed by atoms with Gasteiger partial charge in [0.25, 0.3) is 5.91 Å². The monoisotopic (exact) mass is 341 g/mol. The number of aromatic nitrogens is 1. The number of hydrogen-bond acceptors (Lipinski definition) is 5. The topological polar surface area (TPSA) is 91.8 Å². The molecule has 1 aromatic carbocycles. The molecule has 0 radical (unpaired) electrons. The molecule has 1 fully saturated rings. The van der Waals surface area contributed by atoms with Crippen molar-refractivity contribution in [3.8, 4) is 5.75 Å². The number of pyridine rings is 1. The zero-order valence-corrected chi connectivity index (χ0v) is 13.9. The molecule has 7 nitrogen and oxygen atoms in total. The third-order valence-corrected chi connectivity index (χ3v) is 4.09. The fourth-order valence-corrected chi connectivity index (χ4v) is 2.85. The van der Waals surface area contributed by atoms with Crippen LogP contribution in [0.2, 0.25) is 0 Å². The Hall–Kier alpha value is -3.09. The van der Waals surface area contributed by atoms with Crippen LogP contribution in [0.3, 0.4) is 0 Å². The molecule has 0 atom stereocenters. The number of carboxylic acid groups (broad SMARTS) is 1. The maximum Gasteiger partial charge on any atom is 0.354 e. The Morgan fingerprint density at radius 2 is 1.84 bits per heavy atom. The van der Waals surface area contributed by atoms with Crippen molar-refractivity contribution in [1.82, 2.24) is 4.98 Å². The van der Waals surface area contributed by atoms with E-state index in [4.69, 9.17) is 9.84 Å². The van der Waals surface area contributed by atoms with Crippen LogP contribution in [0.4, 0.5) is 11.4 Å². The van der Waals surface area contributed by atoms with Gasteiger partial charge in [-0.2, -0.15) is 0 Å². The number of methoxy groups -OCH3 is 1. The molecule has 25 heavy (non-hydrogen) atoms. The molecule has 0 bridgehead atoms. The second-order valence-corrected chi connectivity index (χ2v) is 5.75. The normalized spacial score (nSPS) is 13.6. The molecule has 1 aliphatic heterocycles. The molecule has 2 aromatic rings. The van der Waals surface area contributed by atoms with Crippen LogP contribution in [-0.4, -0.2) is 42.2 Å². The van der Waals surface area contributed by atoms with Gasteiger partial charge in [-0.1, -0.05) is 12.1 Å². The van der Waals surface area contributed by atoms with Crippen LogP contribution in [0.25, 0.3) is 0 Å². The minimum atomic E-state index is -1.22. The van der Waals surface area contributed by atoms with E-state index in [0.717, 1.165) is 31.6 Å². The molecule has 7 heteroatoms. The summed E-state index contributed by atoms with van der Waals surface area (Å²) in [6.07, 6.45) is 2.25. The Balaban J connectivity index is 1.88. The van der Waals surface area contributed by atoms with Crippen LogP contribution in [0.15, 0.2) is 36.4 Å². The van der Waals surface area contributed by atoms with Gasteiger partial charge in [-0.05, 0) is 25.0 Å². The molecule has 0 saturated carbocycles. The molecule has 1 aliphatic rings. The number of amides is 1. The summed E-state index contributed by atoms with van der Waals surface area (Å²) in [5.74, 6) is -1.43. The molecule has 0 aliphatic carbocycles. The number of carboxylic acids is 1. The maximum atomic E-state index is 12.6.